The van der Waals surface area contributed by atoms with Gasteiger partial charge in [0.05, 0.1) is 17.6 Å². The Morgan fingerprint density at radius 3 is 2.89 bits per heavy atom. The highest BCUT2D eigenvalue weighted by atomic mass is 79.9. The monoisotopic (exact) mass is 329 g/mol. The Balaban J connectivity index is 2.33. The van der Waals surface area contributed by atoms with E-state index in [0.29, 0.717) is 24.5 Å². The van der Waals surface area contributed by atoms with Crippen LogP contribution in [0.2, 0.25) is 0 Å². The Bertz CT molecular complexity index is 502. The van der Waals surface area contributed by atoms with Crippen LogP contribution < -0.4 is 9.47 Å². The number of alkyl halides is 1. The normalized spacial score (nSPS) is 15.7. The summed E-state index contributed by atoms with van der Waals surface area (Å²) in [6, 6.07) is 3.01. The van der Waals surface area contributed by atoms with Gasteiger partial charge in [0, 0.05) is 23.4 Å². The van der Waals surface area contributed by atoms with Crippen LogP contribution in [0.3, 0.4) is 0 Å². The van der Waals surface area contributed by atoms with Crippen molar-refractivity contribution >= 4 is 21.6 Å². The first-order valence-corrected chi connectivity index (χ1v) is 7.24. The first-order chi connectivity index (χ1) is 8.93. The molecule has 6 heteroatoms. The topological polar surface area (TPSA) is 61.6 Å². The third-order valence-electron chi connectivity index (χ3n) is 2.86. The Kier molecular flexibility index (Phi) is 3.99. The number of hydrogen-bond donors (Lipinski definition) is 0. The highest BCUT2D eigenvalue weighted by molar-refractivity contribution is 9.09. The largest absolute Gasteiger partial charge is 0.489 e. The molecule has 0 saturated heterocycles. The zero-order valence-electron chi connectivity index (χ0n) is 10.9. The van der Waals surface area contributed by atoms with Crippen LogP contribution in [0, 0.1) is 10.1 Å². The molecule has 104 valence electrons. The van der Waals surface area contributed by atoms with Gasteiger partial charge in [0.15, 0.2) is 11.5 Å². The minimum absolute atomic E-state index is 0.0499. The number of rotatable bonds is 5. The molecule has 2 rings (SSSR count). The molecule has 1 aromatic carbocycles. The molecule has 0 fully saturated rings. The summed E-state index contributed by atoms with van der Waals surface area (Å²) in [5.74, 6) is 1.11. The van der Waals surface area contributed by atoms with Crippen molar-refractivity contribution in [3.05, 3.63) is 27.8 Å². The number of benzene rings is 1. The highest BCUT2D eigenvalue weighted by Gasteiger charge is 2.34. The summed E-state index contributed by atoms with van der Waals surface area (Å²) in [6.45, 7) is 4.42. The van der Waals surface area contributed by atoms with E-state index < -0.39 is 4.92 Å². The minimum atomic E-state index is -0.400. The molecule has 0 N–H and O–H groups in total. The molecular weight excluding hydrogens is 314 g/mol. The molecule has 0 amide bonds. The number of nitrogens with zero attached hydrogens (tertiary/aromatic N) is 1. The first-order valence-electron chi connectivity index (χ1n) is 6.12. The van der Waals surface area contributed by atoms with Crippen molar-refractivity contribution in [2.75, 3.05) is 11.9 Å². The molecule has 0 aliphatic carbocycles. The van der Waals surface area contributed by atoms with Gasteiger partial charge in [-0.2, -0.15) is 0 Å². The van der Waals surface area contributed by atoms with Gasteiger partial charge in [0.1, 0.15) is 5.60 Å². The second-order valence-corrected chi connectivity index (χ2v) is 5.91. The van der Waals surface area contributed by atoms with Gasteiger partial charge < -0.3 is 9.47 Å². The van der Waals surface area contributed by atoms with E-state index in [1.54, 1.807) is 6.07 Å². The van der Waals surface area contributed by atoms with Crippen LogP contribution in [0.1, 0.15) is 25.8 Å². The van der Waals surface area contributed by atoms with E-state index in [2.05, 4.69) is 15.9 Å². The van der Waals surface area contributed by atoms with E-state index in [-0.39, 0.29) is 11.3 Å². The molecule has 0 aromatic heterocycles. The molecule has 0 atom stereocenters. The smallest absolute Gasteiger partial charge is 0.273 e. The molecule has 1 aliphatic heterocycles. The van der Waals surface area contributed by atoms with Gasteiger partial charge in [-0.15, -0.1) is 0 Å². The van der Waals surface area contributed by atoms with Crippen molar-refractivity contribution < 1.29 is 14.4 Å². The quantitative estimate of drug-likeness (QED) is 0.359. The molecule has 1 aromatic rings. The molecule has 0 spiro atoms. The number of halogens is 1. The molecule has 19 heavy (non-hydrogen) atoms. The van der Waals surface area contributed by atoms with Gasteiger partial charge in [-0.05, 0) is 20.3 Å². The lowest BCUT2D eigenvalue weighted by Crippen LogP contribution is -2.24. The van der Waals surface area contributed by atoms with E-state index in [9.17, 15) is 10.1 Å². The number of hydrogen-bond acceptors (Lipinski definition) is 4. The standard InChI is InChI=1S/C13H16BrNO4/c1-13(2)8-9-6-10(15(16)17)7-11(12(9)19-13)18-5-3-4-14/h6-7H,3-5,8H2,1-2H3. The summed E-state index contributed by atoms with van der Waals surface area (Å²) < 4.78 is 11.4. The van der Waals surface area contributed by atoms with E-state index in [0.717, 1.165) is 17.3 Å². The van der Waals surface area contributed by atoms with Crippen molar-refractivity contribution in [3.63, 3.8) is 0 Å². The van der Waals surface area contributed by atoms with Gasteiger partial charge in [-0.25, -0.2) is 0 Å². The molecule has 0 unspecified atom stereocenters. The van der Waals surface area contributed by atoms with Gasteiger partial charge in [-0.1, -0.05) is 15.9 Å². The van der Waals surface area contributed by atoms with Crippen molar-refractivity contribution in [2.24, 2.45) is 0 Å². The summed E-state index contributed by atoms with van der Waals surface area (Å²) in [6.07, 6.45) is 1.49. The fourth-order valence-corrected chi connectivity index (χ4v) is 2.34. The van der Waals surface area contributed by atoms with Crippen molar-refractivity contribution in [3.8, 4) is 11.5 Å². The number of nitro benzene ring substituents is 1. The third kappa shape index (κ3) is 3.18. The second-order valence-electron chi connectivity index (χ2n) is 5.12. The lowest BCUT2D eigenvalue weighted by Gasteiger charge is -2.18. The molecule has 0 bridgehead atoms. The maximum atomic E-state index is 10.9. The Morgan fingerprint density at radius 2 is 2.26 bits per heavy atom. The Hall–Kier alpha value is -1.30. The van der Waals surface area contributed by atoms with E-state index >= 15 is 0 Å². The number of fused-ring (bicyclic) bond motifs is 1. The van der Waals surface area contributed by atoms with Gasteiger partial charge in [0.2, 0.25) is 0 Å². The first kappa shape index (κ1) is 14.1. The SMILES string of the molecule is CC1(C)Cc2cc([N+](=O)[O-])cc(OCCCBr)c2O1. The molecule has 1 aliphatic rings. The van der Waals surface area contributed by atoms with Crippen LogP contribution in [0.4, 0.5) is 5.69 Å². The summed E-state index contributed by atoms with van der Waals surface area (Å²) in [7, 11) is 0. The maximum absolute atomic E-state index is 10.9. The van der Waals surface area contributed by atoms with Crippen LogP contribution in [-0.2, 0) is 6.42 Å². The summed E-state index contributed by atoms with van der Waals surface area (Å²) in [4.78, 5) is 10.5. The van der Waals surface area contributed by atoms with Gasteiger partial charge >= 0.3 is 0 Å². The van der Waals surface area contributed by atoms with E-state index in [1.807, 2.05) is 13.8 Å². The van der Waals surface area contributed by atoms with Crippen molar-refractivity contribution in [1.82, 2.24) is 0 Å². The van der Waals surface area contributed by atoms with Crippen LogP contribution in [0.25, 0.3) is 0 Å². The number of non-ortho nitro benzene ring substituents is 1. The van der Waals surface area contributed by atoms with Crippen molar-refractivity contribution in [1.29, 1.82) is 0 Å². The van der Waals surface area contributed by atoms with Crippen LogP contribution >= 0.6 is 15.9 Å². The summed E-state index contributed by atoms with van der Waals surface area (Å²) in [5.41, 5.74) is 0.549. The second kappa shape index (κ2) is 5.36. The van der Waals surface area contributed by atoms with E-state index in [1.165, 1.54) is 6.07 Å². The molecule has 5 nitrogen and oxygen atoms in total. The number of ether oxygens (including phenoxy) is 2. The predicted octanol–water partition coefficient (Wildman–Crippen LogP) is 3.47. The zero-order valence-corrected chi connectivity index (χ0v) is 12.5. The van der Waals surface area contributed by atoms with Crippen LogP contribution in [-0.4, -0.2) is 22.5 Å². The number of nitro groups is 1. The maximum Gasteiger partial charge on any atom is 0.273 e. The van der Waals surface area contributed by atoms with Crippen LogP contribution in [0.5, 0.6) is 11.5 Å². The van der Waals surface area contributed by atoms with Gasteiger partial charge in [0.25, 0.3) is 5.69 Å². The van der Waals surface area contributed by atoms with Crippen molar-refractivity contribution in [2.45, 2.75) is 32.3 Å². The highest BCUT2D eigenvalue weighted by Crippen LogP contribution is 2.44. The summed E-state index contributed by atoms with van der Waals surface area (Å²) in [5, 5.41) is 11.8. The Morgan fingerprint density at radius 1 is 1.53 bits per heavy atom. The van der Waals surface area contributed by atoms with Gasteiger partial charge in [-0.3, -0.25) is 10.1 Å². The fraction of sp³-hybridized carbons (Fsp3) is 0.538. The minimum Gasteiger partial charge on any atom is -0.489 e. The molecule has 1 heterocycles. The average molecular weight is 330 g/mol. The zero-order chi connectivity index (χ0) is 14.0. The molecule has 0 radical (unpaired) electrons. The lowest BCUT2D eigenvalue weighted by molar-refractivity contribution is -0.385. The molecule has 0 saturated carbocycles. The third-order valence-corrected chi connectivity index (χ3v) is 3.42. The Labute approximate surface area is 120 Å². The fourth-order valence-electron chi connectivity index (χ4n) is 2.11. The van der Waals surface area contributed by atoms with E-state index in [4.69, 9.17) is 9.47 Å². The average Bonchev–Trinajstić information content (AvgIpc) is 2.63. The lowest BCUT2D eigenvalue weighted by atomic mass is 10.0. The predicted molar refractivity (Wildman–Crippen MR) is 75.4 cm³/mol. The molecular formula is C13H16BrNO4. The van der Waals surface area contributed by atoms with Crippen LogP contribution in [0.15, 0.2) is 12.1 Å². The summed E-state index contributed by atoms with van der Waals surface area (Å²) >= 11 is 3.32.